The molecule has 0 amide bonds. The Morgan fingerprint density at radius 1 is 1.20 bits per heavy atom. The van der Waals surface area contributed by atoms with Gasteiger partial charge in [-0.3, -0.25) is 5.41 Å². The van der Waals surface area contributed by atoms with Crippen molar-refractivity contribution < 1.29 is 9.13 Å². The summed E-state index contributed by atoms with van der Waals surface area (Å²) in [5.74, 6) is 0.644. The quantitative estimate of drug-likeness (QED) is 0.511. The maximum atomic E-state index is 11.9. The van der Waals surface area contributed by atoms with Crippen LogP contribution >= 0.6 is 0 Å². The van der Waals surface area contributed by atoms with Crippen LogP contribution < -0.4 is 4.90 Å². The van der Waals surface area contributed by atoms with Gasteiger partial charge in [-0.1, -0.05) is 12.1 Å². The predicted molar refractivity (Wildman–Crippen MR) is 79.3 cm³/mol. The normalized spacial score (nSPS) is 15.5. The number of ether oxygens (including phenoxy) is 1. The van der Waals surface area contributed by atoms with E-state index in [2.05, 4.69) is 21.9 Å². The minimum absolute atomic E-state index is 0.159. The fourth-order valence-corrected chi connectivity index (χ4v) is 2.35. The Morgan fingerprint density at radius 2 is 1.85 bits per heavy atom. The molecule has 0 saturated carbocycles. The van der Waals surface area contributed by atoms with Crippen LogP contribution in [0.3, 0.4) is 0 Å². The number of anilines is 1. The van der Waals surface area contributed by atoms with Crippen molar-refractivity contribution in [3.63, 3.8) is 0 Å². The zero-order valence-electron chi connectivity index (χ0n) is 11.9. The van der Waals surface area contributed by atoms with Gasteiger partial charge in [0.05, 0.1) is 19.0 Å². The van der Waals surface area contributed by atoms with Gasteiger partial charge in [0.2, 0.25) is 0 Å². The van der Waals surface area contributed by atoms with Crippen LogP contribution in [0.1, 0.15) is 12.5 Å². The number of amidine groups is 1. The molecule has 0 aliphatic carbocycles. The second-order valence-corrected chi connectivity index (χ2v) is 4.97. The molecular formula is C15H22FN3O. The molecule has 110 valence electrons. The van der Waals surface area contributed by atoms with Crippen molar-refractivity contribution in [2.24, 2.45) is 0 Å². The largest absolute Gasteiger partial charge is 0.374 e. The van der Waals surface area contributed by atoms with E-state index < -0.39 is 6.67 Å². The van der Waals surface area contributed by atoms with Crippen LogP contribution in [0.4, 0.5) is 10.1 Å². The molecule has 0 bridgehead atoms. The Kier molecular flexibility index (Phi) is 5.35. The number of halogens is 1. The standard InChI is InChI=1S/C15H22FN3O/c1-13(17)18-7-9-19(10-8-18)15-4-2-14(3-5-15)12-20-11-6-16/h2-5,17H,6-12H2,1H3. The van der Waals surface area contributed by atoms with Gasteiger partial charge in [-0.25, -0.2) is 4.39 Å². The lowest BCUT2D eigenvalue weighted by molar-refractivity contribution is 0.106. The Bertz CT molecular complexity index is 427. The van der Waals surface area contributed by atoms with Crippen molar-refractivity contribution in [3.8, 4) is 0 Å². The van der Waals surface area contributed by atoms with Gasteiger partial charge in [-0.15, -0.1) is 0 Å². The van der Waals surface area contributed by atoms with E-state index in [1.165, 1.54) is 5.69 Å². The van der Waals surface area contributed by atoms with Gasteiger partial charge in [0, 0.05) is 31.9 Å². The highest BCUT2D eigenvalue weighted by molar-refractivity contribution is 5.76. The van der Waals surface area contributed by atoms with Crippen LogP contribution in [0.5, 0.6) is 0 Å². The van der Waals surface area contributed by atoms with Crippen molar-refractivity contribution in [2.75, 3.05) is 44.4 Å². The number of hydrogen-bond donors (Lipinski definition) is 1. The van der Waals surface area contributed by atoms with Crippen molar-refractivity contribution in [2.45, 2.75) is 13.5 Å². The molecule has 2 rings (SSSR count). The summed E-state index contributed by atoms with van der Waals surface area (Å²) in [6.45, 7) is 5.70. The lowest BCUT2D eigenvalue weighted by Crippen LogP contribution is -2.47. The van der Waals surface area contributed by atoms with E-state index in [0.717, 1.165) is 31.7 Å². The third-order valence-corrected chi connectivity index (χ3v) is 3.55. The Balaban J connectivity index is 1.86. The average Bonchev–Trinajstić information content (AvgIpc) is 2.48. The molecule has 0 aromatic heterocycles. The number of piperazine rings is 1. The zero-order chi connectivity index (χ0) is 14.4. The van der Waals surface area contributed by atoms with Crippen LogP contribution in [0.2, 0.25) is 0 Å². The van der Waals surface area contributed by atoms with Crippen molar-refractivity contribution in [3.05, 3.63) is 29.8 Å². The van der Waals surface area contributed by atoms with Gasteiger partial charge in [0.1, 0.15) is 6.67 Å². The zero-order valence-corrected chi connectivity index (χ0v) is 11.9. The molecule has 1 aromatic carbocycles. The number of nitrogens with one attached hydrogen (secondary N) is 1. The molecule has 1 saturated heterocycles. The van der Waals surface area contributed by atoms with Crippen LogP contribution in [0.15, 0.2) is 24.3 Å². The first-order valence-corrected chi connectivity index (χ1v) is 6.98. The maximum Gasteiger partial charge on any atom is 0.113 e. The maximum absolute atomic E-state index is 11.9. The highest BCUT2D eigenvalue weighted by atomic mass is 19.1. The minimum atomic E-state index is -0.436. The van der Waals surface area contributed by atoms with E-state index in [0.29, 0.717) is 12.4 Å². The SMILES string of the molecule is CC(=N)N1CCN(c2ccc(COCCF)cc2)CC1. The first-order valence-electron chi connectivity index (χ1n) is 6.98. The summed E-state index contributed by atoms with van der Waals surface area (Å²) in [5, 5.41) is 7.63. The molecule has 0 unspecified atom stereocenters. The van der Waals surface area contributed by atoms with Gasteiger partial charge in [0.25, 0.3) is 0 Å². The number of alkyl halides is 1. The molecule has 0 spiro atoms. The van der Waals surface area contributed by atoms with Crippen LogP contribution in [0, 0.1) is 5.41 Å². The second kappa shape index (κ2) is 7.24. The molecule has 5 heteroatoms. The second-order valence-electron chi connectivity index (χ2n) is 4.97. The topological polar surface area (TPSA) is 39.6 Å². The molecule has 1 aliphatic rings. The molecular weight excluding hydrogens is 257 g/mol. The van der Waals surface area contributed by atoms with Crippen LogP contribution in [-0.2, 0) is 11.3 Å². The summed E-state index contributed by atoms with van der Waals surface area (Å²) in [4.78, 5) is 4.42. The Morgan fingerprint density at radius 3 is 2.40 bits per heavy atom. The molecule has 1 fully saturated rings. The van der Waals surface area contributed by atoms with E-state index in [4.69, 9.17) is 10.1 Å². The monoisotopic (exact) mass is 279 g/mol. The van der Waals surface area contributed by atoms with E-state index in [9.17, 15) is 4.39 Å². The van der Waals surface area contributed by atoms with E-state index in [1.807, 2.05) is 19.1 Å². The van der Waals surface area contributed by atoms with Gasteiger partial charge in [-0.2, -0.15) is 0 Å². The fraction of sp³-hybridized carbons (Fsp3) is 0.533. The predicted octanol–water partition coefficient (Wildman–Crippen LogP) is 2.29. The van der Waals surface area contributed by atoms with Gasteiger partial charge in [0.15, 0.2) is 0 Å². The van der Waals surface area contributed by atoms with Crippen molar-refractivity contribution >= 4 is 11.5 Å². The number of nitrogens with zero attached hydrogens (tertiary/aromatic N) is 2. The Labute approximate surface area is 119 Å². The van der Waals surface area contributed by atoms with E-state index in [1.54, 1.807) is 0 Å². The van der Waals surface area contributed by atoms with Gasteiger partial charge >= 0.3 is 0 Å². The molecule has 1 aliphatic heterocycles. The van der Waals surface area contributed by atoms with Gasteiger partial charge < -0.3 is 14.5 Å². The lowest BCUT2D eigenvalue weighted by Gasteiger charge is -2.36. The summed E-state index contributed by atoms with van der Waals surface area (Å²) in [6, 6.07) is 8.23. The highest BCUT2D eigenvalue weighted by Crippen LogP contribution is 2.17. The average molecular weight is 279 g/mol. The molecule has 1 heterocycles. The van der Waals surface area contributed by atoms with Crippen molar-refractivity contribution in [1.29, 1.82) is 5.41 Å². The van der Waals surface area contributed by atoms with Crippen LogP contribution in [-0.4, -0.2) is 50.2 Å². The number of hydrogen-bond acceptors (Lipinski definition) is 3. The summed E-state index contributed by atoms with van der Waals surface area (Å²) < 4.78 is 17.1. The third-order valence-electron chi connectivity index (χ3n) is 3.55. The number of rotatable bonds is 5. The minimum Gasteiger partial charge on any atom is -0.374 e. The molecule has 1 aromatic rings. The van der Waals surface area contributed by atoms with Gasteiger partial charge in [-0.05, 0) is 24.6 Å². The van der Waals surface area contributed by atoms with E-state index >= 15 is 0 Å². The third kappa shape index (κ3) is 3.93. The summed E-state index contributed by atoms with van der Waals surface area (Å²) >= 11 is 0. The Hall–Kier alpha value is -1.62. The molecule has 0 atom stereocenters. The van der Waals surface area contributed by atoms with Crippen LogP contribution in [0.25, 0.3) is 0 Å². The molecule has 20 heavy (non-hydrogen) atoms. The molecule has 0 radical (unpaired) electrons. The fourth-order valence-electron chi connectivity index (χ4n) is 2.35. The first-order chi connectivity index (χ1) is 9.70. The first kappa shape index (κ1) is 14.8. The van der Waals surface area contributed by atoms with E-state index in [-0.39, 0.29) is 6.61 Å². The summed E-state index contributed by atoms with van der Waals surface area (Å²) in [5.41, 5.74) is 2.26. The number of benzene rings is 1. The smallest absolute Gasteiger partial charge is 0.113 e. The summed E-state index contributed by atoms with van der Waals surface area (Å²) in [7, 11) is 0. The highest BCUT2D eigenvalue weighted by Gasteiger charge is 2.17. The molecule has 4 nitrogen and oxygen atoms in total. The molecule has 1 N–H and O–H groups in total. The summed E-state index contributed by atoms with van der Waals surface area (Å²) in [6.07, 6.45) is 0. The van der Waals surface area contributed by atoms with Crippen molar-refractivity contribution in [1.82, 2.24) is 4.90 Å². The lowest BCUT2D eigenvalue weighted by atomic mass is 10.2.